The lowest BCUT2D eigenvalue weighted by atomic mass is 9.72. The van der Waals surface area contributed by atoms with Gasteiger partial charge in [-0.2, -0.15) is 4.79 Å². The van der Waals surface area contributed by atoms with Crippen molar-refractivity contribution >= 4 is 11.7 Å². The summed E-state index contributed by atoms with van der Waals surface area (Å²) in [5, 5.41) is 8.96. The van der Waals surface area contributed by atoms with Gasteiger partial charge in [-0.3, -0.25) is 4.79 Å². The molecule has 0 amide bonds. The Morgan fingerprint density at radius 2 is 2.07 bits per heavy atom. The first kappa shape index (κ1) is 10.4. The van der Waals surface area contributed by atoms with Crippen LogP contribution in [0.5, 0.6) is 0 Å². The van der Waals surface area contributed by atoms with Crippen molar-refractivity contribution in [2.24, 2.45) is 11.3 Å². The zero-order chi connectivity index (χ0) is 10.9. The van der Waals surface area contributed by atoms with Crippen LogP contribution in [0.1, 0.15) is 44.9 Å². The number of carbonyl (C=O) groups is 1. The number of hydrogen-bond acceptors (Lipinski definition) is 1. The fourth-order valence-electron chi connectivity index (χ4n) is 3.04. The third kappa shape index (κ3) is 1.95. The Hall–Kier alpha value is -1.15. The Labute approximate surface area is 88.9 Å². The summed E-state index contributed by atoms with van der Waals surface area (Å²) < 4.78 is 0. The van der Waals surface area contributed by atoms with E-state index in [-0.39, 0.29) is 11.3 Å². The van der Waals surface area contributed by atoms with Crippen LogP contribution in [-0.2, 0) is 4.79 Å². The van der Waals surface area contributed by atoms with Crippen molar-refractivity contribution in [3.63, 3.8) is 0 Å². The molecule has 15 heavy (non-hydrogen) atoms. The molecule has 0 saturated heterocycles. The van der Waals surface area contributed by atoms with Crippen LogP contribution in [0, 0.1) is 11.3 Å². The van der Waals surface area contributed by atoms with Crippen LogP contribution in [0.25, 0.3) is 5.53 Å². The lowest BCUT2D eigenvalue weighted by Gasteiger charge is -2.31. The normalized spacial score (nSPS) is 35.5. The summed E-state index contributed by atoms with van der Waals surface area (Å²) in [5.74, 6) is -0.786. The molecule has 0 aromatic heterocycles. The number of rotatable bonds is 1. The summed E-state index contributed by atoms with van der Waals surface area (Å²) >= 11 is 0. The largest absolute Gasteiger partial charge is 0.481 e. The Morgan fingerprint density at radius 3 is 2.53 bits per heavy atom. The minimum Gasteiger partial charge on any atom is -0.481 e. The quantitative estimate of drug-likeness (QED) is 0.529. The van der Waals surface area contributed by atoms with Crippen molar-refractivity contribution in [2.45, 2.75) is 44.9 Å². The molecule has 2 fully saturated rings. The van der Waals surface area contributed by atoms with E-state index in [4.69, 9.17) is 10.6 Å². The highest BCUT2D eigenvalue weighted by molar-refractivity contribution is 5.80. The lowest BCUT2D eigenvalue weighted by molar-refractivity contribution is -0.141. The van der Waals surface area contributed by atoms with Gasteiger partial charge >= 0.3 is 5.97 Å². The van der Waals surface area contributed by atoms with Gasteiger partial charge in [-0.25, -0.2) is 0 Å². The second kappa shape index (κ2) is 3.78. The van der Waals surface area contributed by atoms with Crippen molar-refractivity contribution in [1.82, 2.24) is 0 Å². The highest BCUT2D eigenvalue weighted by Gasteiger charge is 2.44. The number of nitrogens with zero attached hydrogens (tertiary/aromatic N) is 2. The number of carboxylic acids is 1. The number of carboxylic acid groups (broad SMARTS) is 1. The molecule has 1 spiro atoms. The Morgan fingerprint density at radius 1 is 1.40 bits per heavy atom. The molecule has 1 N–H and O–H groups in total. The van der Waals surface area contributed by atoms with Gasteiger partial charge in [0.2, 0.25) is 0 Å². The summed E-state index contributed by atoms with van der Waals surface area (Å²) in [6.45, 7) is 0. The van der Waals surface area contributed by atoms with E-state index in [9.17, 15) is 4.79 Å². The lowest BCUT2D eigenvalue weighted by Crippen LogP contribution is -2.26. The van der Waals surface area contributed by atoms with Crippen LogP contribution in [0.4, 0.5) is 0 Å². The summed E-state index contributed by atoms with van der Waals surface area (Å²) in [4.78, 5) is 14.1. The van der Waals surface area contributed by atoms with E-state index in [1.54, 1.807) is 0 Å². The predicted octanol–water partition coefficient (Wildman–Crippen LogP) is 2.10. The van der Waals surface area contributed by atoms with E-state index < -0.39 is 5.97 Å². The predicted molar refractivity (Wildman–Crippen MR) is 54.5 cm³/mol. The smallest absolute Gasteiger partial charge is 0.306 e. The first-order chi connectivity index (χ1) is 7.15. The average Bonchev–Trinajstić information content (AvgIpc) is 2.64. The molecule has 1 unspecified atom stereocenters. The maximum atomic E-state index is 10.9. The van der Waals surface area contributed by atoms with E-state index in [0.29, 0.717) is 0 Å². The molecule has 2 saturated carbocycles. The molecule has 4 heteroatoms. The molecule has 0 heterocycles. The van der Waals surface area contributed by atoms with Crippen molar-refractivity contribution in [2.75, 3.05) is 0 Å². The highest BCUT2D eigenvalue weighted by atomic mass is 16.4. The minimum absolute atomic E-state index is 0.141. The summed E-state index contributed by atoms with van der Waals surface area (Å²) in [7, 11) is 0. The first-order valence-corrected chi connectivity index (χ1v) is 5.58. The summed E-state index contributed by atoms with van der Waals surface area (Å²) in [5.41, 5.74) is 9.76. The van der Waals surface area contributed by atoms with Gasteiger partial charge in [0.1, 0.15) is 0 Å². The van der Waals surface area contributed by atoms with Gasteiger partial charge in [0, 0.05) is 12.8 Å². The van der Waals surface area contributed by atoms with Gasteiger partial charge in [0.05, 0.1) is 5.92 Å². The summed E-state index contributed by atoms with van der Waals surface area (Å²) in [6, 6.07) is 0. The monoisotopic (exact) mass is 208 g/mol. The first-order valence-electron chi connectivity index (χ1n) is 5.58. The minimum atomic E-state index is -0.645. The molecule has 0 bridgehead atoms. The van der Waals surface area contributed by atoms with Gasteiger partial charge in [-0.05, 0) is 37.5 Å². The Bertz CT molecular complexity index is 321. The molecule has 0 aliphatic heterocycles. The molecule has 0 aromatic rings. The van der Waals surface area contributed by atoms with Crippen LogP contribution in [0.15, 0.2) is 0 Å². The third-order valence-electron chi connectivity index (χ3n) is 4.08. The van der Waals surface area contributed by atoms with Crippen molar-refractivity contribution < 1.29 is 14.7 Å². The average molecular weight is 208 g/mol. The maximum absolute atomic E-state index is 10.9. The Kier molecular flexibility index (Phi) is 2.61. The van der Waals surface area contributed by atoms with Crippen LogP contribution in [0.2, 0.25) is 0 Å². The standard InChI is InChI=1S/C11H16N2O2/c12-13-9-2-5-11(6-3-9)4-1-8(7-11)10(14)15/h8H,1-7H2,(H,14,15). The molecular formula is C11H16N2O2. The van der Waals surface area contributed by atoms with Gasteiger partial charge in [-0.1, -0.05) is 0 Å². The second-order valence-electron chi connectivity index (χ2n) is 4.94. The van der Waals surface area contributed by atoms with E-state index in [2.05, 4.69) is 4.79 Å². The molecule has 0 radical (unpaired) electrons. The van der Waals surface area contributed by atoms with Crippen LogP contribution < -0.4 is 0 Å². The van der Waals surface area contributed by atoms with Crippen LogP contribution in [-0.4, -0.2) is 21.6 Å². The van der Waals surface area contributed by atoms with Crippen molar-refractivity contribution in [3.8, 4) is 0 Å². The Balaban J connectivity index is 2.00. The molecule has 2 aliphatic rings. The number of aliphatic carboxylic acids is 1. The summed E-state index contributed by atoms with van der Waals surface area (Å²) in [6.07, 6.45) is 6.34. The molecule has 4 nitrogen and oxygen atoms in total. The fraction of sp³-hybridized carbons (Fsp3) is 0.818. The fourth-order valence-corrected chi connectivity index (χ4v) is 3.04. The van der Waals surface area contributed by atoms with Gasteiger partial charge in [0.15, 0.2) is 0 Å². The molecule has 2 aliphatic carbocycles. The maximum Gasteiger partial charge on any atom is 0.306 e. The van der Waals surface area contributed by atoms with E-state index in [0.717, 1.165) is 50.7 Å². The van der Waals surface area contributed by atoms with Crippen molar-refractivity contribution in [3.05, 3.63) is 5.53 Å². The molecule has 2 rings (SSSR count). The zero-order valence-corrected chi connectivity index (χ0v) is 8.78. The SMILES string of the molecule is [N-]=[N+]=C1CCC2(CC1)CCC(C(=O)O)C2. The zero-order valence-electron chi connectivity index (χ0n) is 8.78. The van der Waals surface area contributed by atoms with E-state index in [1.807, 2.05) is 0 Å². The van der Waals surface area contributed by atoms with E-state index >= 15 is 0 Å². The molecule has 0 aromatic carbocycles. The van der Waals surface area contributed by atoms with Crippen LogP contribution >= 0.6 is 0 Å². The van der Waals surface area contributed by atoms with Gasteiger partial charge in [-0.15, -0.1) is 0 Å². The van der Waals surface area contributed by atoms with Crippen LogP contribution in [0.3, 0.4) is 0 Å². The van der Waals surface area contributed by atoms with E-state index in [1.165, 1.54) is 0 Å². The second-order valence-corrected chi connectivity index (χ2v) is 4.94. The number of hydrogen-bond donors (Lipinski definition) is 1. The molecule has 82 valence electrons. The molecule has 1 atom stereocenters. The highest BCUT2D eigenvalue weighted by Crippen LogP contribution is 2.50. The molecular weight excluding hydrogens is 192 g/mol. The van der Waals surface area contributed by atoms with Gasteiger partial charge < -0.3 is 10.6 Å². The van der Waals surface area contributed by atoms with Gasteiger partial charge in [0.25, 0.3) is 5.71 Å². The third-order valence-corrected chi connectivity index (χ3v) is 4.08. The van der Waals surface area contributed by atoms with Crippen molar-refractivity contribution in [1.29, 1.82) is 0 Å². The topological polar surface area (TPSA) is 73.7 Å².